The summed E-state index contributed by atoms with van der Waals surface area (Å²) >= 11 is 0. The predicted molar refractivity (Wildman–Crippen MR) is 78.0 cm³/mol. The maximum absolute atomic E-state index is 8.78. The summed E-state index contributed by atoms with van der Waals surface area (Å²) in [6.45, 7) is 2.34. The molecule has 1 unspecified atom stereocenters. The number of nitrogens with one attached hydrogen (secondary N) is 1. The number of aryl methyl sites for hydroxylation is 1. The monoisotopic (exact) mass is 288 g/mol. The molecule has 0 fully saturated rings. The Morgan fingerprint density at radius 1 is 1.38 bits per heavy atom. The van der Waals surface area contributed by atoms with E-state index in [0.717, 1.165) is 24.4 Å². The van der Waals surface area contributed by atoms with Gasteiger partial charge in [0.1, 0.15) is 11.9 Å². The van der Waals surface area contributed by atoms with Gasteiger partial charge < -0.3 is 15.2 Å². The maximum Gasteiger partial charge on any atom is 0.123 e. The first kappa shape index (κ1) is 14.0. The zero-order chi connectivity index (χ0) is 14.5. The molecule has 6 heteroatoms. The highest BCUT2D eigenvalue weighted by Crippen LogP contribution is 2.27. The van der Waals surface area contributed by atoms with Crippen LogP contribution in [0.15, 0.2) is 30.5 Å². The quantitative estimate of drug-likeness (QED) is 0.787. The van der Waals surface area contributed by atoms with Gasteiger partial charge >= 0.3 is 0 Å². The number of aromatic nitrogens is 3. The predicted octanol–water partition coefficient (Wildman–Crippen LogP) is 0.754. The van der Waals surface area contributed by atoms with E-state index in [1.54, 1.807) is 4.68 Å². The molecule has 0 aliphatic carbocycles. The Bertz CT molecular complexity index is 560. The van der Waals surface area contributed by atoms with E-state index >= 15 is 0 Å². The van der Waals surface area contributed by atoms with Crippen molar-refractivity contribution in [2.75, 3.05) is 13.2 Å². The molecule has 1 aliphatic heterocycles. The second-order valence-electron chi connectivity index (χ2n) is 5.23. The highest BCUT2D eigenvalue weighted by molar-refractivity contribution is 5.37. The first-order chi connectivity index (χ1) is 10.3. The number of rotatable bonds is 7. The minimum atomic E-state index is 0.174. The van der Waals surface area contributed by atoms with E-state index in [4.69, 9.17) is 9.84 Å². The Morgan fingerprint density at radius 2 is 2.29 bits per heavy atom. The van der Waals surface area contributed by atoms with E-state index in [0.29, 0.717) is 19.5 Å². The number of nitrogens with zero attached hydrogens (tertiary/aromatic N) is 3. The number of hydrogen-bond acceptors (Lipinski definition) is 5. The molecule has 6 nitrogen and oxygen atoms in total. The van der Waals surface area contributed by atoms with Gasteiger partial charge in [-0.3, -0.25) is 4.68 Å². The van der Waals surface area contributed by atoms with Crippen LogP contribution < -0.4 is 10.1 Å². The normalized spacial score (nSPS) is 16.7. The number of hydrogen-bond donors (Lipinski definition) is 2. The van der Waals surface area contributed by atoms with Gasteiger partial charge in [0, 0.05) is 38.9 Å². The van der Waals surface area contributed by atoms with Gasteiger partial charge in [-0.1, -0.05) is 23.4 Å². The number of aliphatic hydroxyl groups is 1. The molecule has 112 valence electrons. The van der Waals surface area contributed by atoms with Crippen LogP contribution in [0.2, 0.25) is 0 Å². The van der Waals surface area contributed by atoms with Crippen LogP contribution in [0, 0.1) is 0 Å². The van der Waals surface area contributed by atoms with Crippen molar-refractivity contribution in [3.8, 4) is 5.75 Å². The molecule has 0 bridgehead atoms. The minimum absolute atomic E-state index is 0.174. The number of aliphatic hydroxyl groups excluding tert-OH is 1. The topological polar surface area (TPSA) is 72.2 Å². The summed E-state index contributed by atoms with van der Waals surface area (Å²) in [5.41, 5.74) is 2.18. The van der Waals surface area contributed by atoms with Crippen LogP contribution in [-0.4, -0.2) is 39.4 Å². The van der Waals surface area contributed by atoms with Gasteiger partial charge in [-0.05, 0) is 18.1 Å². The van der Waals surface area contributed by atoms with Crippen LogP contribution in [0.1, 0.15) is 17.7 Å². The van der Waals surface area contributed by atoms with Crippen LogP contribution in [0.3, 0.4) is 0 Å². The van der Waals surface area contributed by atoms with Crippen molar-refractivity contribution >= 4 is 0 Å². The van der Waals surface area contributed by atoms with Crippen molar-refractivity contribution in [2.24, 2.45) is 0 Å². The molecule has 1 aromatic carbocycles. The van der Waals surface area contributed by atoms with Crippen molar-refractivity contribution in [1.29, 1.82) is 0 Å². The summed E-state index contributed by atoms with van der Waals surface area (Å²) in [6.07, 6.45) is 3.75. The second-order valence-corrected chi connectivity index (χ2v) is 5.23. The molecule has 0 radical (unpaired) electrons. The van der Waals surface area contributed by atoms with Gasteiger partial charge in [-0.25, -0.2) is 0 Å². The zero-order valence-electron chi connectivity index (χ0n) is 11.9. The summed E-state index contributed by atoms with van der Waals surface area (Å²) < 4.78 is 7.63. The Hall–Kier alpha value is -1.92. The molecule has 3 rings (SSSR count). The molecule has 0 saturated carbocycles. The minimum Gasteiger partial charge on any atom is -0.488 e. The lowest BCUT2D eigenvalue weighted by molar-refractivity contribution is 0.227. The number of benzene rings is 1. The lowest BCUT2D eigenvalue weighted by Crippen LogP contribution is -2.29. The molecule has 2 heterocycles. The average Bonchev–Trinajstić information content (AvgIpc) is 3.11. The van der Waals surface area contributed by atoms with Crippen LogP contribution >= 0.6 is 0 Å². The molecule has 2 N–H and O–H groups in total. The van der Waals surface area contributed by atoms with E-state index in [2.05, 4.69) is 21.7 Å². The fourth-order valence-electron chi connectivity index (χ4n) is 2.49. The third kappa shape index (κ3) is 3.59. The summed E-state index contributed by atoms with van der Waals surface area (Å²) in [6, 6.07) is 8.17. The Balaban J connectivity index is 1.42. The van der Waals surface area contributed by atoms with Crippen LogP contribution in [0.5, 0.6) is 5.75 Å². The first-order valence-electron chi connectivity index (χ1n) is 7.30. The van der Waals surface area contributed by atoms with Crippen molar-refractivity contribution in [2.45, 2.75) is 32.0 Å². The van der Waals surface area contributed by atoms with E-state index in [9.17, 15) is 0 Å². The third-order valence-electron chi connectivity index (χ3n) is 3.52. The van der Waals surface area contributed by atoms with Crippen molar-refractivity contribution in [3.05, 3.63) is 41.7 Å². The first-order valence-corrected chi connectivity index (χ1v) is 7.30. The highest BCUT2D eigenvalue weighted by Gasteiger charge is 2.21. The Kier molecular flexibility index (Phi) is 4.47. The van der Waals surface area contributed by atoms with Crippen molar-refractivity contribution < 1.29 is 9.84 Å². The lowest BCUT2D eigenvalue weighted by atomic mass is 10.1. The van der Waals surface area contributed by atoms with E-state index in [-0.39, 0.29) is 12.7 Å². The fourth-order valence-corrected chi connectivity index (χ4v) is 2.49. The highest BCUT2D eigenvalue weighted by atomic mass is 16.5. The molecule has 0 amide bonds. The van der Waals surface area contributed by atoms with Gasteiger partial charge in [-0.15, -0.1) is 5.10 Å². The zero-order valence-corrected chi connectivity index (χ0v) is 11.9. The van der Waals surface area contributed by atoms with Crippen molar-refractivity contribution in [3.63, 3.8) is 0 Å². The number of para-hydroxylation sites is 1. The molecule has 21 heavy (non-hydrogen) atoms. The third-order valence-corrected chi connectivity index (χ3v) is 3.52. The average molecular weight is 288 g/mol. The standard InChI is InChI=1S/C15H20N4O2/c20-7-3-6-19-11-13(17-18-19)9-16-10-14-8-12-4-1-2-5-15(12)21-14/h1-2,4-5,11,14,16,20H,3,6-10H2. The Labute approximate surface area is 123 Å². The number of ether oxygens (including phenoxy) is 1. The van der Waals surface area contributed by atoms with Crippen LogP contribution in [0.25, 0.3) is 0 Å². The van der Waals surface area contributed by atoms with Gasteiger partial charge in [-0.2, -0.15) is 0 Å². The molecule has 0 saturated heterocycles. The molecule has 2 aromatic rings. The van der Waals surface area contributed by atoms with E-state index in [1.165, 1.54) is 5.56 Å². The van der Waals surface area contributed by atoms with E-state index < -0.39 is 0 Å². The maximum atomic E-state index is 8.78. The number of fused-ring (bicyclic) bond motifs is 1. The van der Waals surface area contributed by atoms with Gasteiger partial charge in [0.05, 0.1) is 5.69 Å². The summed E-state index contributed by atoms with van der Waals surface area (Å²) in [7, 11) is 0. The summed E-state index contributed by atoms with van der Waals surface area (Å²) in [4.78, 5) is 0. The molecule has 1 aliphatic rings. The van der Waals surface area contributed by atoms with E-state index in [1.807, 2.05) is 24.4 Å². The molecular formula is C15H20N4O2. The Morgan fingerprint density at radius 3 is 3.14 bits per heavy atom. The summed E-state index contributed by atoms with van der Waals surface area (Å²) in [5, 5.41) is 20.3. The van der Waals surface area contributed by atoms with Crippen LogP contribution in [0.4, 0.5) is 0 Å². The smallest absolute Gasteiger partial charge is 0.123 e. The van der Waals surface area contributed by atoms with Crippen molar-refractivity contribution in [1.82, 2.24) is 20.3 Å². The van der Waals surface area contributed by atoms with Crippen LogP contribution in [-0.2, 0) is 19.5 Å². The largest absolute Gasteiger partial charge is 0.488 e. The molecule has 1 atom stereocenters. The van der Waals surface area contributed by atoms with Gasteiger partial charge in [0.15, 0.2) is 0 Å². The molecule has 1 aromatic heterocycles. The second kappa shape index (κ2) is 6.69. The summed E-state index contributed by atoms with van der Waals surface area (Å²) in [5.74, 6) is 0.999. The van der Waals surface area contributed by atoms with Gasteiger partial charge in [0.25, 0.3) is 0 Å². The SMILES string of the molecule is OCCCn1cc(CNCC2Cc3ccccc3O2)nn1. The fraction of sp³-hybridized carbons (Fsp3) is 0.467. The molecular weight excluding hydrogens is 268 g/mol. The van der Waals surface area contributed by atoms with Gasteiger partial charge in [0.2, 0.25) is 0 Å². The molecule has 0 spiro atoms. The lowest BCUT2D eigenvalue weighted by Gasteiger charge is -2.10.